The van der Waals surface area contributed by atoms with E-state index in [0.717, 1.165) is 0 Å². The van der Waals surface area contributed by atoms with E-state index in [-0.39, 0.29) is 10.8 Å². The minimum absolute atomic E-state index is 0.0596. The van der Waals surface area contributed by atoms with E-state index < -0.39 is 6.10 Å². The van der Waals surface area contributed by atoms with Gasteiger partial charge in [-0.05, 0) is 5.41 Å². The summed E-state index contributed by atoms with van der Waals surface area (Å²) in [5.41, 5.74) is 5.40. The molecular formula is C9H19NO2. The highest BCUT2D eigenvalue weighted by atomic mass is 16.5. The first-order valence-electron chi connectivity index (χ1n) is 4.40. The number of hydrogen-bond donors (Lipinski definition) is 2. The van der Waals surface area contributed by atoms with Gasteiger partial charge in [0.2, 0.25) is 0 Å². The molecule has 0 bridgehead atoms. The van der Waals surface area contributed by atoms with Gasteiger partial charge in [-0.15, -0.1) is 0 Å². The van der Waals surface area contributed by atoms with E-state index in [1.807, 2.05) is 0 Å². The molecule has 1 unspecified atom stereocenters. The quantitative estimate of drug-likeness (QED) is 0.634. The predicted molar refractivity (Wildman–Crippen MR) is 47.8 cm³/mol. The molecule has 0 aromatic heterocycles. The van der Waals surface area contributed by atoms with E-state index in [0.29, 0.717) is 19.8 Å². The summed E-state index contributed by atoms with van der Waals surface area (Å²) in [5, 5.41) is 9.76. The Morgan fingerprint density at radius 1 is 1.50 bits per heavy atom. The fraction of sp³-hybridized carbons (Fsp3) is 1.00. The van der Waals surface area contributed by atoms with Crippen molar-refractivity contribution in [3.8, 4) is 0 Å². The first kappa shape index (κ1) is 9.96. The van der Waals surface area contributed by atoms with Crippen molar-refractivity contribution in [3.63, 3.8) is 0 Å². The minimum Gasteiger partial charge on any atom is -0.391 e. The van der Waals surface area contributed by atoms with E-state index >= 15 is 0 Å². The van der Waals surface area contributed by atoms with Crippen LogP contribution in [0.25, 0.3) is 0 Å². The largest absolute Gasteiger partial charge is 0.391 e. The Kier molecular flexibility index (Phi) is 2.47. The van der Waals surface area contributed by atoms with Crippen LogP contribution in [0.4, 0.5) is 0 Å². The number of aliphatic hydroxyl groups is 1. The molecule has 1 rings (SSSR count). The lowest BCUT2D eigenvalue weighted by molar-refractivity contribution is -0.219. The maximum Gasteiger partial charge on any atom is 0.0767 e. The molecule has 3 heteroatoms. The molecular weight excluding hydrogens is 154 g/mol. The normalized spacial score (nSPS) is 24.8. The van der Waals surface area contributed by atoms with Gasteiger partial charge >= 0.3 is 0 Å². The molecule has 0 spiro atoms. The highest BCUT2D eigenvalue weighted by Crippen LogP contribution is 2.47. The standard InChI is InChI=1S/C9H19NO2/c1-8(2,3)9(5-12-6-9)7(11)4-10/h7,11H,4-6,10H2,1-3H3. The highest BCUT2D eigenvalue weighted by Gasteiger charge is 2.52. The molecule has 1 saturated heterocycles. The van der Waals surface area contributed by atoms with Gasteiger partial charge in [0.05, 0.1) is 19.3 Å². The van der Waals surface area contributed by atoms with Crippen molar-refractivity contribution in [2.75, 3.05) is 19.8 Å². The molecule has 0 radical (unpaired) electrons. The third kappa shape index (κ3) is 1.26. The average molecular weight is 173 g/mol. The zero-order chi connectivity index (χ0) is 9.41. The van der Waals surface area contributed by atoms with Crippen molar-refractivity contribution in [3.05, 3.63) is 0 Å². The first-order valence-corrected chi connectivity index (χ1v) is 4.40. The van der Waals surface area contributed by atoms with E-state index in [1.165, 1.54) is 0 Å². The second kappa shape index (κ2) is 2.98. The van der Waals surface area contributed by atoms with Gasteiger partial charge in [-0.25, -0.2) is 0 Å². The molecule has 1 heterocycles. The summed E-state index contributed by atoms with van der Waals surface area (Å²) >= 11 is 0. The number of ether oxygens (including phenoxy) is 1. The van der Waals surface area contributed by atoms with Crippen LogP contribution in [0.2, 0.25) is 0 Å². The Bertz CT molecular complexity index is 158. The molecule has 0 saturated carbocycles. The lowest BCUT2D eigenvalue weighted by Crippen LogP contribution is -2.61. The molecule has 3 N–H and O–H groups in total. The van der Waals surface area contributed by atoms with Crippen molar-refractivity contribution in [1.29, 1.82) is 0 Å². The minimum atomic E-state index is -0.439. The lowest BCUT2D eigenvalue weighted by atomic mass is 9.62. The topological polar surface area (TPSA) is 55.5 Å². The fourth-order valence-corrected chi connectivity index (χ4v) is 1.67. The van der Waals surface area contributed by atoms with Crippen molar-refractivity contribution >= 4 is 0 Å². The van der Waals surface area contributed by atoms with E-state index in [4.69, 9.17) is 10.5 Å². The zero-order valence-electron chi connectivity index (χ0n) is 8.13. The van der Waals surface area contributed by atoms with Crippen LogP contribution in [-0.2, 0) is 4.74 Å². The molecule has 0 aliphatic carbocycles. The maximum atomic E-state index is 9.76. The van der Waals surface area contributed by atoms with Crippen LogP contribution in [0.3, 0.4) is 0 Å². The third-order valence-electron chi connectivity index (χ3n) is 3.07. The molecule has 3 nitrogen and oxygen atoms in total. The molecule has 0 amide bonds. The molecule has 1 aliphatic heterocycles. The third-order valence-corrected chi connectivity index (χ3v) is 3.07. The van der Waals surface area contributed by atoms with Crippen LogP contribution in [0.5, 0.6) is 0 Å². The summed E-state index contributed by atoms with van der Waals surface area (Å²) in [5.74, 6) is 0. The first-order chi connectivity index (χ1) is 5.44. The van der Waals surface area contributed by atoms with Crippen LogP contribution >= 0.6 is 0 Å². The Morgan fingerprint density at radius 3 is 2.08 bits per heavy atom. The van der Waals surface area contributed by atoms with E-state index in [9.17, 15) is 5.11 Å². The average Bonchev–Trinajstić information content (AvgIpc) is 1.81. The Balaban J connectivity index is 2.76. The monoisotopic (exact) mass is 173 g/mol. The van der Waals surface area contributed by atoms with Crippen molar-refractivity contribution in [2.24, 2.45) is 16.6 Å². The number of aliphatic hydroxyl groups excluding tert-OH is 1. The van der Waals surface area contributed by atoms with Crippen molar-refractivity contribution in [2.45, 2.75) is 26.9 Å². The van der Waals surface area contributed by atoms with Gasteiger partial charge in [-0.1, -0.05) is 20.8 Å². The van der Waals surface area contributed by atoms with Gasteiger partial charge < -0.3 is 15.6 Å². The Morgan fingerprint density at radius 2 is 2.00 bits per heavy atom. The Hall–Kier alpha value is -0.120. The van der Waals surface area contributed by atoms with Crippen LogP contribution in [0, 0.1) is 10.8 Å². The van der Waals surface area contributed by atoms with Gasteiger partial charge in [0.1, 0.15) is 0 Å². The molecule has 0 aromatic carbocycles. The molecule has 1 aliphatic rings. The van der Waals surface area contributed by atoms with Gasteiger partial charge in [0, 0.05) is 12.0 Å². The predicted octanol–water partition coefficient (Wildman–Crippen LogP) is 0.369. The zero-order valence-corrected chi connectivity index (χ0v) is 8.13. The van der Waals surface area contributed by atoms with Gasteiger partial charge in [0.25, 0.3) is 0 Å². The summed E-state index contributed by atoms with van der Waals surface area (Å²) in [6, 6.07) is 0. The molecule has 0 aromatic rings. The second-order valence-corrected chi connectivity index (χ2v) is 4.65. The van der Waals surface area contributed by atoms with Crippen molar-refractivity contribution < 1.29 is 9.84 Å². The van der Waals surface area contributed by atoms with Gasteiger partial charge in [-0.2, -0.15) is 0 Å². The molecule has 1 atom stereocenters. The lowest BCUT2D eigenvalue weighted by Gasteiger charge is -2.53. The van der Waals surface area contributed by atoms with Crippen molar-refractivity contribution in [1.82, 2.24) is 0 Å². The summed E-state index contributed by atoms with van der Waals surface area (Å²) in [4.78, 5) is 0. The number of rotatable bonds is 2. The van der Waals surface area contributed by atoms with Crippen LogP contribution in [-0.4, -0.2) is 31.0 Å². The molecule has 72 valence electrons. The second-order valence-electron chi connectivity index (χ2n) is 4.65. The van der Waals surface area contributed by atoms with Crippen LogP contribution < -0.4 is 5.73 Å². The molecule has 1 fully saturated rings. The smallest absolute Gasteiger partial charge is 0.0767 e. The van der Waals surface area contributed by atoms with Gasteiger partial charge in [-0.3, -0.25) is 0 Å². The number of hydrogen-bond acceptors (Lipinski definition) is 3. The summed E-state index contributed by atoms with van der Waals surface area (Å²) in [6.07, 6.45) is -0.439. The summed E-state index contributed by atoms with van der Waals surface area (Å²) in [7, 11) is 0. The van der Waals surface area contributed by atoms with Crippen LogP contribution in [0.15, 0.2) is 0 Å². The van der Waals surface area contributed by atoms with Crippen LogP contribution in [0.1, 0.15) is 20.8 Å². The maximum absolute atomic E-state index is 9.76. The SMILES string of the molecule is CC(C)(C)C1(C(O)CN)COC1. The van der Waals surface area contributed by atoms with E-state index in [1.54, 1.807) is 0 Å². The fourth-order valence-electron chi connectivity index (χ4n) is 1.67. The Labute approximate surface area is 73.9 Å². The number of nitrogens with two attached hydrogens (primary N) is 1. The summed E-state index contributed by atoms with van der Waals surface area (Å²) < 4.78 is 5.17. The molecule has 12 heavy (non-hydrogen) atoms. The summed E-state index contributed by atoms with van der Waals surface area (Å²) in [6.45, 7) is 7.95. The van der Waals surface area contributed by atoms with Gasteiger partial charge in [0.15, 0.2) is 0 Å². The van der Waals surface area contributed by atoms with E-state index in [2.05, 4.69) is 20.8 Å². The highest BCUT2D eigenvalue weighted by molar-refractivity contribution is 5.00.